The molecule has 0 spiro atoms. The highest BCUT2D eigenvalue weighted by atomic mass is 19.1. The lowest BCUT2D eigenvalue weighted by molar-refractivity contribution is -0.122. The fraction of sp³-hybridized carbons (Fsp3) is 0.385. The summed E-state index contributed by atoms with van der Waals surface area (Å²) in [5.41, 5.74) is 4.16. The van der Waals surface area contributed by atoms with E-state index in [9.17, 15) is 18.4 Å². The molecule has 0 heterocycles. The molecule has 0 fully saturated rings. The lowest BCUT2D eigenvalue weighted by Gasteiger charge is -2.14. The zero-order valence-corrected chi connectivity index (χ0v) is 11.3. The first-order chi connectivity index (χ1) is 9.38. The predicted molar refractivity (Wildman–Crippen MR) is 71.0 cm³/mol. The Kier molecular flexibility index (Phi) is 5.42. The maximum atomic E-state index is 13.6. The number of nitrogens with two attached hydrogens (primary N) is 1. The van der Waals surface area contributed by atoms with Crippen molar-refractivity contribution in [2.45, 2.75) is 26.3 Å². The summed E-state index contributed by atoms with van der Waals surface area (Å²) in [5, 5.41) is 4.79. The Morgan fingerprint density at radius 2 is 2.00 bits per heavy atom. The van der Waals surface area contributed by atoms with Gasteiger partial charge in [0.15, 0.2) is 5.82 Å². The molecule has 0 aliphatic carbocycles. The third kappa shape index (κ3) is 3.66. The van der Waals surface area contributed by atoms with Gasteiger partial charge in [0.05, 0.1) is 5.69 Å². The van der Waals surface area contributed by atoms with Crippen molar-refractivity contribution >= 4 is 17.5 Å². The van der Waals surface area contributed by atoms with E-state index in [2.05, 4.69) is 10.6 Å². The summed E-state index contributed by atoms with van der Waals surface area (Å²) >= 11 is 0. The van der Waals surface area contributed by atoms with Gasteiger partial charge in [0.1, 0.15) is 17.4 Å². The highest BCUT2D eigenvalue weighted by Crippen LogP contribution is 2.18. The van der Waals surface area contributed by atoms with E-state index in [-0.39, 0.29) is 5.69 Å². The summed E-state index contributed by atoms with van der Waals surface area (Å²) in [5.74, 6) is -3.62. The molecule has 7 heteroatoms. The first-order valence-corrected chi connectivity index (χ1v) is 6.20. The number of benzene rings is 1. The Morgan fingerprint density at radius 1 is 1.35 bits per heavy atom. The third-order valence-corrected chi connectivity index (χ3v) is 2.64. The zero-order valence-electron chi connectivity index (χ0n) is 11.3. The van der Waals surface area contributed by atoms with Gasteiger partial charge in [0.2, 0.25) is 5.91 Å². The number of halogens is 2. The normalized spacial score (nSPS) is 11.8. The van der Waals surface area contributed by atoms with Crippen LogP contribution >= 0.6 is 0 Å². The maximum absolute atomic E-state index is 13.6. The van der Waals surface area contributed by atoms with Crippen molar-refractivity contribution in [3.63, 3.8) is 0 Å². The molecule has 1 unspecified atom stereocenters. The van der Waals surface area contributed by atoms with Crippen LogP contribution in [0.25, 0.3) is 0 Å². The Balaban J connectivity index is 2.82. The molecule has 20 heavy (non-hydrogen) atoms. The Morgan fingerprint density at radius 3 is 2.60 bits per heavy atom. The van der Waals surface area contributed by atoms with E-state index < -0.39 is 35.1 Å². The van der Waals surface area contributed by atoms with Crippen LogP contribution < -0.4 is 16.4 Å². The highest BCUT2D eigenvalue weighted by Gasteiger charge is 2.23. The van der Waals surface area contributed by atoms with Crippen LogP contribution in [-0.4, -0.2) is 24.4 Å². The van der Waals surface area contributed by atoms with Crippen LogP contribution in [-0.2, 0) is 4.79 Å². The van der Waals surface area contributed by atoms with Gasteiger partial charge >= 0.3 is 0 Å². The molecule has 1 aromatic carbocycles. The largest absolute Gasteiger partial charge is 0.396 e. The second-order valence-corrected chi connectivity index (χ2v) is 4.31. The molecule has 4 N–H and O–H groups in total. The average Bonchev–Trinajstić information content (AvgIpc) is 2.40. The second-order valence-electron chi connectivity index (χ2n) is 4.31. The van der Waals surface area contributed by atoms with Gasteiger partial charge in [-0.2, -0.15) is 0 Å². The molecule has 1 atom stereocenters. The van der Waals surface area contributed by atoms with Crippen molar-refractivity contribution in [1.82, 2.24) is 10.6 Å². The van der Waals surface area contributed by atoms with E-state index in [1.807, 2.05) is 6.92 Å². The monoisotopic (exact) mass is 285 g/mol. The summed E-state index contributed by atoms with van der Waals surface area (Å²) in [4.78, 5) is 23.4. The molecule has 0 saturated carbocycles. The van der Waals surface area contributed by atoms with E-state index >= 15 is 0 Å². The standard InChI is InChI=1S/C13H17F2N3O2/c1-3-6-17-12(19)7(2)18-13(20)10-8(14)4-5-9(16)11(10)15/h4-5,7H,3,6,16H2,1-2H3,(H,17,19)(H,18,20). The fourth-order valence-corrected chi connectivity index (χ4v) is 1.51. The molecule has 110 valence electrons. The summed E-state index contributed by atoms with van der Waals surface area (Å²) in [6.07, 6.45) is 0.741. The number of anilines is 1. The average molecular weight is 285 g/mol. The first-order valence-electron chi connectivity index (χ1n) is 6.20. The van der Waals surface area contributed by atoms with Crippen LogP contribution in [0.1, 0.15) is 30.6 Å². The second kappa shape index (κ2) is 6.83. The molecule has 5 nitrogen and oxygen atoms in total. The van der Waals surface area contributed by atoms with Gasteiger partial charge in [-0.1, -0.05) is 6.92 Å². The van der Waals surface area contributed by atoms with Crippen LogP contribution in [0.5, 0.6) is 0 Å². The van der Waals surface area contributed by atoms with Crippen molar-refractivity contribution in [3.8, 4) is 0 Å². The number of amides is 2. The fourth-order valence-electron chi connectivity index (χ4n) is 1.51. The van der Waals surface area contributed by atoms with Gasteiger partial charge in [0, 0.05) is 6.54 Å². The van der Waals surface area contributed by atoms with Crippen molar-refractivity contribution in [2.75, 3.05) is 12.3 Å². The topological polar surface area (TPSA) is 84.2 Å². The number of rotatable bonds is 5. The van der Waals surface area contributed by atoms with E-state index in [0.717, 1.165) is 18.6 Å². The quantitative estimate of drug-likeness (QED) is 0.711. The van der Waals surface area contributed by atoms with Crippen molar-refractivity contribution in [3.05, 3.63) is 29.3 Å². The molecular weight excluding hydrogens is 268 g/mol. The van der Waals surface area contributed by atoms with Gasteiger partial charge in [-0.25, -0.2) is 8.78 Å². The molecule has 0 aliphatic heterocycles. The number of carbonyl (C=O) groups excluding carboxylic acids is 2. The molecule has 0 aliphatic rings. The van der Waals surface area contributed by atoms with E-state index in [0.29, 0.717) is 6.54 Å². The minimum atomic E-state index is -1.14. The summed E-state index contributed by atoms with van der Waals surface area (Å²) in [6, 6.07) is 1.02. The minimum absolute atomic E-state index is 0.334. The van der Waals surface area contributed by atoms with Crippen LogP contribution in [0, 0.1) is 11.6 Å². The SMILES string of the molecule is CCCNC(=O)C(C)NC(=O)c1c(F)ccc(N)c1F. The van der Waals surface area contributed by atoms with Gasteiger partial charge < -0.3 is 16.4 Å². The van der Waals surface area contributed by atoms with Crippen LogP contribution in [0.15, 0.2) is 12.1 Å². The zero-order chi connectivity index (χ0) is 15.3. The number of carbonyl (C=O) groups is 2. The van der Waals surface area contributed by atoms with E-state index in [1.54, 1.807) is 0 Å². The molecule has 0 saturated heterocycles. The summed E-state index contributed by atoms with van der Waals surface area (Å²) < 4.78 is 27.1. The Bertz CT molecular complexity index is 521. The molecule has 1 aromatic rings. The van der Waals surface area contributed by atoms with Crippen molar-refractivity contribution < 1.29 is 18.4 Å². The molecule has 1 rings (SSSR count). The first kappa shape index (κ1) is 15.9. The van der Waals surface area contributed by atoms with Crippen molar-refractivity contribution in [1.29, 1.82) is 0 Å². The van der Waals surface area contributed by atoms with Crippen LogP contribution in [0.3, 0.4) is 0 Å². The summed E-state index contributed by atoms with van der Waals surface area (Å²) in [7, 11) is 0. The van der Waals surface area contributed by atoms with E-state index in [1.165, 1.54) is 6.92 Å². The third-order valence-electron chi connectivity index (χ3n) is 2.64. The van der Waals surface area contributed by atoms with E-state index in [4.69, 9.17) is 5.73 Å². The van der Waals surface area contributed by atoms with Crippen LogP contribution in [0.4, 0.5) is 14.5 Å². The van der Waals surface area contributed by atoms with Gasteiger partial charge in [-0.3, -0.25) is 9.59 Å². The molecule has 0 radical (unpaired) electrons. The minimum Gasteiger partial charge on any atom is -0.396 e. The molecule has 2 amide bonds. The lowest BCUT2D eigenvalue weighted by Crippen LogP contribution is -2.45. The number of nitrogens with one attached hydrogen (secondary N) is 2. The van der Waals surface area contributed by atoms with Crippen LogP contribution in [0.2, 0.25) is 0 Å². The number of hydrogen-bond donors (Lipinski definition) is 3. The van der Waals surface area contributed by atoms with Gasteiger partial charge in [-0.15, -0.1) is 0 Å². The summed E-state index contributed by atoms with van der Waals surface area (Å²) in [6.45, 7) is 3.76. The van der Waals surface area contributed by atoms with Gasteiger partial charge in [-0.05, 0) is 25.5 Å². The number of hydrogen-bond acceptors (Lipinski definition) is 3. The lowest BCUT2D eigenvalue weighted by atomic mass is 10.1. The Labute approximate surface area is 115 Å². The molecule has 0 aromatic heterocycles. The van der Waals surface area contributed by atoms with Gasteiger partial charge in [0.25, 0.3) is 5.91 Å². The maximum Gasteiger partial charge on any atom is 0.257 e. The van der Waals surface area contributed by atoms with Crippen molar-refractivity contribution in [2.24, 2.45) is 0 Å². The molecular formula is C13H17F2N3O2. The Hall–Kier alpha value is -2.18. The highest BCUT2D eigenvalue weighted by molar-refractivity contribution is 5.98. The molecule has 0 bridgehead atoms. The predicted octanol–water partition coefficient (Wildman–Crippen LogP) is 1.19. The number of nitrogen functional groups attached to an aromatic ring is 1. The smallest absolute Gasteiger partial charge is 0.257 e.